The minimum atomic E-state index is -0.632. The second-order valence-electron chi connectivity index (χ2n) is 4.00. The first-order valence-electron chi connectivity index (χ1n) is 6.32. The molecule has 1 rings (SSSR count). The smallest absolute Gasteiger partial charge is 0.435 e. The van der Waals surface area contributed by atoms with E-state index < -0.39 is 12.3 Å². The van der Waals surface area contributed by atoms with Crippen LogP contribution in [0.4, 0.5) is 9.59 Å². The Morgan fingerprint density at radius 3 is 1.44 bits per heavy atom. The van der Waals surface area contributed by atoms with Gasteiger partial charge < -0.3 is 18.9 Å². The molecule has 0 aromatic rings. The van der Waals surface area contributed by atoms with Crippen molar-refractivity contribution in [2.45, 2.75) is 51.7 Å². The van der Waals surface area contributed by atoms with E-state index in [1.165, 1.54) is 0 Å². The van der Waals surface area contributed by atoms with Crippen LogP contribution in [-0.4, -0.2) is 37.7 Å². The van der Waals surface area contributed by atoms with Crippen molar-refractivity contribution in [1.29, 1.82) is 0 Å². The van der Waals surface area contributed by atoms with E-state index in [4.69, 9.17) is 18.9 Å². The summed E-state index contributed by atoms with van der Waals surface area (Å²) in [7, 11) is 0. The number of hydrogen-bond donors (Lipinski definition) is 0. The Kier molecular flexibility index (Phi) is 6.32. The van der Waals surface area contributed by atoms with Crippen molar-refractivity contribution >= 4 is 12.3 Å². The maximum absolute atomic E-state index is 11.1. The van der Waals surface area contributed by atoms with Crippen LogP contribution >= 0.6 is 0 Å². The first-order chi connectivity index (χ1) is 8.65. The maximum Gasteiger partial charge on any atom is 0.508 e. The van der Waals surface area contributed by atoms with Crippen molar-refractivity contribution in [3.63, 3.8) is 0 Å². The van der Waals surface area contributed by atoms with Crippen molar-refractivity contribution in [2.24, 2.45) is 0 Å². The van der Waals surface area contributed by atoms with Crippen molar-refractivity contribution < 1.29 is 28.5 Å². The number of hydrogen-bond acceptors (Lipinski definition) is 6. The number of ether oxygens (including phenoxy) is 4. The monoisotopic (exact) mass is 260 g/mol. The second kappa shape index (κ2) is 7.79. The molecule has 0 aliphatic heterocycles. The summed E-state index contributed by atoms with van der Waals surface area (Å²) in [5.41, 5.74) is 0. The summed E-state index contributed by atoms with van der Waals surface area (Å²) >= 11 is 0. The molecule has 6 heteroatoms. The summed E-state index contributed by atoms with van der Waals surface area (Å²) in [6.07, 6.45) is 1.12. The van der Waals surface area contributed by atoms with Gasteiger partial charge in [0.15, 0.2) is 0 Å². The highest BCUT2D eigenvalue weighted by Gasteiger charge is 2.26. The first-order valence-corrected chi connectivity index (χ1v) is 6.32. The van der Waals surface area contributed by atoms with E-state index in [0.717, 1.165) is 0 Å². The molecule has 0 radical (unpaired) electrons. The Balaban J connectivity index is 2.20. The van der Waals surface area contributed by atoms with Crippen molar-refractivity contribution in [3.05, 3.63) is 0 Å². The molecule has 104 valence electrons. The molecule has 1 aliphatic carbocycles. The highest BCUT2D eigenvalue weighted by Crippen LogP contribution is 2.24. The van der Waals surface area contributed by atoms with E-state index in [9.17, 15) is 9.59 Å². The quantitative estimate of drug-likeness (QED) is 0.723. The molecule has 0 bridgehead atoms. The summed E-state index contributed by atoms with van der Waals surface area (Å²) < 4.78 is 19.6. The zero-order valence-electron chi connectivity index (χ0n) is 10.8. The SMILES string of the molecule is CCOC(=O)OC1CCC(OC(=O)OCC)CC1. The van der Waals surface area contributed by atoms with E-state index in [1.54, 1.807) is 13.8 Å². The highest BCUT2D eigenvalue weighted by atomic mass is 16.7. The standard InChI is InChI=1S/C12H20O6/c1-3-15-11(13)17-9-5-7-10(8-6-9)18-12(14)16-4-2/h9-10H,3-8H2,1-2H3. The first kappa shape index (κ1) is 14.6. The van der Waals surface area contributed by atoms with Gasteiger partial charge in [0, 0.05) is 0 Å². The average molecular weight is 260 g/mol. The van der Waals surface area contributed by atoms with Gasteiger partial charge in [0.2, 0.25) is 0 Å². The Morgan fingerprint density at radius 1 is 0.833 bits per heavy atom. The zero-order chi connectivity index (χ0) is 13.4. The second-order valence-corrected chi connectivity index (χ2v) is 4.00. The molecule has 0 spiro atoms. The molecule has 0 unspecified atom stereocenters. The largest absolute Gasteiger partial charge is 0.508 e. The van der Waals surface area contributed by atoms with E-state index in [1.807, 2.05) is 0 Å². The summed E-state index contributed by atoms with van der Waals surface area (Å²) in [5, 5.41) is 0. The topological polar surface area (TPSA) is 71.1 Å². The molecule has 0 saturated heterocycles. The van der Waals surface area contributed by atoms with Gasteiger partial charge in [0.1, 0.15) is 12.2 Å². The normalized spacial score (nSPS) is 23.0. The van der Waals surface area contributed by atoms with Crippen LogP contribution in [0, 0.1) is 0 Å². The fraction of sp³-hybridized carbons (Fsp3) is 0.833. The summed E-state index contributed by atoms with van der Waals surface area (Å²) in [5.74, 6) is 0. The molecule has 18 heavy (non-hydrogen) atoms. The summed E-state index contributed by atoms with van der Waals surface area (Å²) in [6, 6.07) is 0. The lowest BCUT2D eigenvalue weighted by Crippen LogP contribution is -2.30. The van der Waals surface area contributed by atoms with E-state index >= 15 is 0 Å². The van der Waals surface area contributed by atoms with Crippen molar-refractivity contribution in [3.8, 4) is 0 Å². The third kappa shape index (κ3) is 5.25. The van der Waals surface area contributed by atoms with Crippen LogP contribution in [0.3, 0.4) is 0 Å². The molecule has 0 heterocycles. The molecule has 6 nitrogen and oxygen atoms in total. The molecule has 1 aliphatic rings. The van der Waals surface area contributed by atoms with Gasteiger partial charge in [-0.2, -0.15) is 0 Å². The van der Waals surface area contributed by atoms with Gasteiger partial charge in [0.25, 0.3) is 0 Å². The van der Waals surface area contributed by atoms with Gasteiger partial charge in [-0.15, -0.1) is 0 Å². The predicted molar refractivity (Wildman–Crippen MR) is 62.3 cm³/mol. The minimum absolute atomic E-state index is 0.147. The van der Waals surface area contributed by atoms with E-state index in [-0.39, 0.29) is 12.2 Å². The van der Waals surface area contributed by atoms with Crippen LogP contribution in [-0.2, 0) is 18.9 Å². The van der Waals surface area contributed by atoms with Crippen LogP contribution in [0.5, 0.6) is 0 Å². The Labute approximate surface area is 107 Å². The number of rotatable bonds is 4. The Hall–Kier alpha value is -1.46. The van der Waals surface area contributed by atoms with Gasteiger partial charge in [-0.1, -0.05) is 0 Å². The Morgan fingerprint density at radius 2 is 1.17 bits per heavy atom. The summed E-state index contributed by atoms with van der Waals surface area (Å²) in [4.78, 5) is 22.2. The summed E-state index contributed by atoms with van der Waals surface area (Å²) in [6.45, 7) is 4.07. The maximum atomic E-state index is 11.1. The van der Waals surface area contributed by atoms with Crippen LogP contribution in [0.2, 0.25) is 0 Å². The molecule has 1 saturated carbocycles. The fourth-order valence-corrected chi connectivity index (χ4v) is 1.84. The Bertz CT molecular complexity index is 242. The molecular formula is C12H20O6. The minimum Gasteiger partial charge on any atom is -0.435 e. The van der Waals surface area contributed by atoms with E-state index in [0.29, 0.717) is 38.9 Å². The lowest BCUT2D eigenvalue weighted by atomic mass is 9.95. The molecule has 0 amide bonds. The predicted octanol–water partition coefficient (Wildman–Crippen LogP) is 2.64. The fourth-order valence-electron chi connectivity index (χ4n) is 1.84. The van der Waals surface area contributed by atoms with Crippen molar-refractivity contribution in [1.82, 2.24) is 0 Å². The van der Waals surface area contributed by atoms with Gasteiger partial charge in [-0.05, 0) is 39.5 Å². The third-order valence-corrected chi connectivity index (χ3v) is 2.67. The van der Waals surface area contributed by atoms with Gasteiger partial charge in [0.05, 0.1) is 13.2 Å². The molecule has 1 fully saturated rings. The highest BCUT2D eigenvalue weighted by molar-refractivity contribution is 5.60. The molecule has 0 atom stereocenters. The lowest BCUT2D eigenvalue weighted by molar-refractivity contribution is -0.0249. The van der Waals surface area contributed by atoms with Crippen molar-refractivity contribution in [2.75, 3.05) is 13.2 Å². The number of carbonyl (C=O) groups is 2. The average Bonchev–Trinajstić information content (AvgIpc) is 2.32. The van der Waals surface area contributed by atoms with Gasteiger partial charge in [-0.25, -0.2) is 9.59 Å². The molecular weight excluding hydrogens is 240 g/mol. The van der Waals surface area contributed by atoms with Gasteiger partial charge in [-0.3, -0.25) is 0 Å². The molecule has 0 aromatic carbocycles. The molecule has 0 N–H and O–H groups in total. The van der Waals surface area contributed by atoms with E-state index in [2.05, 4.69) is 0 Å². The number of carbonyl (C=O) groups excluding carboxylic acids is 2. The third-order valence-electron chi connectivity index (χ3n) is 2.67. The van der Waals surface area contributed by atoms with Crippen LogP contribution in [0.15, 0.2) is 0 Å². The van der Waals surface area contributed by atoms with Crippen LogP contribution < -0.4 is 0 Å². The van der Waals surface area contributed by atoms with Gasteiger partial charge >= 0.3 is 12.3 Å². The lowest BCUT2D eigenvalue weighted by Gasteiger charge is -2.27. The zero-order valence-corrected chi connectivity index (χ0v) is 10.8. The van der Waals surface area contributed by atoms with Crippen LogP contribution in [0.25, 0.3) is 0 Å². The molecule has 0 aromatic heterocycles. The van der Waals surface area contributed by atoms with Crippen LogP contribution in [0.1, 0.15) is 39.5 Å².